The minimum Gasteiger partial charge on any atom is -0.478 e. The van der Waals surface area contributed by atoms with Crippen LogP contribution in [0.1, 0.15) is 25.0 Å². The van der Waals surface area contributed by atoms with Gasteiger partial charge in [0.15, 0.2) is 5.65 Å². The average Bonchev–Trinajstić information content (AvgIpc) is 3.58. The molecule has 1 aliphatic rings. The number of hydrogen-bond donors (Lipinski definition) is 1. The normalized spacial score (nSPS) is 13.3. The molecule has 1 fully saturated rings. The first-order chi connectivity index (χ1) is 15.7. The van der Waals surface area contributed by atoms with E-state index in [-0.39, 0.29) is 11.8 Å². The van der Waals surface area contributed by atoms with Gasteiger partial charge in [0.05, 0.1) is 24.2 Å². The Morgan fingerprint density at radius 2 is 2.00 bits per heavy atom. The Balaban J connectivity index is 1.25. The van der Waals surface area contributed by atoms with Crippen molar-refractivity contribution < 1.29 is 9.53 Å². The molecule has 4 aromatic heterocycles. The summed E-state index contributed by atoms with van der Waals surface area (Å²) < 4.78 is 7.53. The molecule has 0 radical (unpaired) electrons. The van der Waals surface area contributed by atoms with Crippen molar-refractivity contribution in [3.05, 3.63) is 60.7 Å². The Kier molecular flexibility index (Phi) is 5.49. The first kappa shape index (κ1) is 20.1. The summed E-state index contributed by atoms with van der Waals surface area (Å²) >= 11 is 0. The first-order valence-corrected chi connectivity index (χ1v) is 10.8. The lowest BCUT2D eigenvalue weighted by molar-refractivity contribution is -0.122. The number of nitrogens with one attached hydrogen (secondary N) is 1. The van der Waals surface area contributed by atoms with E-state index in [1.165, 1.54) is 0 Å². The molecule has 1 amide bonds. The van der Waals surface area contributed by atoms with Crippen molar-refractivity contribution in [3.63, 3.8) is 0 Å². The Labute approximate surface area is 185 Å². The summed E-state index contributed by atoms with van der Waals surface area (Å²) in [5.74, 6) is 0.959. The van der Waals surface area contributed by atoms with Gasteiger partial charge < -0.3 is 10.1 Å². The minimum atomic E-state index is 0.164. The van der Waals surface area contributed by atoms with Gasteiger partial charge in [-0.15, -0.1) is 0 Å². The molecule has 0 aromatic carbocycles. The summed E-state index contributed by atoms with van der Waals surface area (Å²) in [6, 6.07) is 11.6. The topological polar surface area (TPSA) is 94.3 Å². The van der Waals surface area contributed by atoms with Crippen LogP contribution in [0.15, 0.2) is 55.0 Å². The van der Waals surface area contributed by atoms with Gasteiger partial charge in [-0.3, -0.25) is 9.78 Å². The maximum absolute atomic E-state index is 11.6. The number of hydrogen-bond acceptors (Lipinski definition) is 6. The SMILES string of the molecule is Cc1cc(-c2cnc3ccc(-c4ccc(OCCCNC(=O)C5CC5)nc4)nn23)ccn1. The van der Waals surface area contributed by atoms with Crippen LogP contribution in [-0.4, -0.2) is 43.6 Å². The highest BCUT2D eigenvalue weighted by Crippen LogP contribution is 2.28. The summed E-state index contributed by atoms with van der Waals surface area (Å²) in [4.78, 5) is 24.7. The number of aromatic nitrogens is 5. The molecular weight excluding hydrogens is 404 g/mol. The van der Waals surface area contributed by atoms with E-state index in [0.717, 1.165) is 53.1 Å². The monoisotopic (exact) mass is 428 g/mol. The number of rotatable bonds is 8. The number of nitrogens with zero attached hydrogens (tertiary/aromatic N) is 5. The Hall–Kier alpha value is -3.81. The van der Waals surface area contributed by atoms with Crippen molar-refractivity contribution in [2.75, 3.05) is 13.2 Å². The summed E-state index contributed by atoms with van der Waals surface area (Å²) in [6.45, 7) is 3.10. The van der Waals surface area contributed by atoms with Crippen molar-refractivity contribution >= 4 is 11.6 Å². The van der Waals surface area contributed by atoms with Crippen LogP contribution in [0.2, 0.25) is 0 Å². The zero-order valence-corrected chi connectivity index (χ0v) is 17.9. The Bertz CT molecular complexity index is 1250. The van der Waals surface area contributed by atoms with Crippen LogP contribution in [0.5, 0.6) is 5.88 Å². The number of ether oxygens (including phenoxy) is 1. The molecule has 0 aliphatic heterocycles. The van der Waals surface area contributed by atoms with Crippen molar-refractivity contribution in [2.45, 2.75) is 26.2 Å². The van der Waals surface area contributed by atoms with Crippen LogP contribution in [0.25, 0.3) is 28.2 Å². The number of imidazole rings is 1. The van der Waals surface area contributed by atoms with Gasteiger partial charge in [-0.1, -0.05) is 0 Å². The molecule has 162 valence electrons. The third kappa shape index (κ3) is 4.44. The molecule has 0 unspecified atom stereocenters. The van der Waals surface area contributed by atoms with Gasteiger partial charge in [-0.2, -0.15) is 5.10 Å². The van der Waals surface area contributed by atoms with Gasteiger partial charge in [0, 0.05) is 47.7 Å². The smallest absolute Gasteiger partial charge is 0.223 e. The molecule has 4 aromatic rings. The largest absolute Gasteiger partial charge is 0.478 e. The molecule has 8 nitrogen and oxygen atoms in total. The zero-order chi connectivity index (χ0) is 21.9. The van der Waals surface area contributed by atoms with Crippen LogP contribution in [0.3, 0.4) is 0 Å². The van der Waals surface area contributed by atoms with Gasteiger partial charge in [-0.25, -0.2) is 14.5 Å². The fourth-order valence-corrected chi connectivity index (χ4v) is 3.50. The standard InChI is InChI=1S/C24H24N6O2/c1-16-13-18(9-11-25-16)21-15-27-22-7-6-20(29-30(21)22)19-5-8-23(28-14-19)32-12-2-10-26-24(31)17-3-4-17/h5-9,11,13-15,17H,2-4,10,12H2,1H3,(H,26,31). The second-order valence-corrected chi connectivity index (χ2v) is 7.97. The number of amides is 1. The van der Waals surface area contributed by atoms with E-state index in [0.29, 0.717) is 19.0 Å². The Morgan fingerprint density at radius 3 is 2.78 bits per heavy atom. The van der Waals surface area contributed by atoms with Gasteiger partial charge in [0.25, 0.3) is 0 Å². The van der Waals surface area contributed by atoms with E-state index in [1.807, 2.05) is 54.0 Å². The fraction of sp³-hybridized carbons (Fsp3) is 0.292. The van der Waals surface area contributed by atoms with E-state index in [9.17, 15) is 4.79 Å². The summed E-state index contributed by atoms with van der Waals surface area (Å²) in [5.41, 5.74) is 5.34. The third-order valence-electron chi connectivity index (χ3n) is 5.41. The summed E-state index contributed by atoms with van der Waals surface area (Å²) in [5, 5.41) is 7.71. The predicted molar refractivity (Wildman–Crippen MR) is 120 cm³/mol. The summed E-state index contributed by atoms with van der Waals surface area (Å²) in [6.07, 6.45) is 8.15. The van der Waals surface area contributed by atoms with Crippen LogP contribution in [0.4, 0.5) is 0 Å². The van der Waals surface area contributed by atoms with E-state index in [4.69, 9.17) is 9.84 Å². The van der Waals surface area contributed by atoms with E-state index in [1.54, 1.807) is 12.4 Å². The van der Waals surface area contributed by atoms with E-state index >= 15 is 0 Å². The quantitative estimate of drug-likeness (QED) is 0.432. The fourth-order valence-electron chi connectivity index (χ4n) is 3.50. The Morgan fingerprint density at radius 1 is 1.09 bits per heavy atom. The predicted octanol–water partition coefficient (Wildman–Crippen LogP) is 3.46. The minimum absolute atomic E-state index is 0.164. The van der Waals surface area contributed by atoms with Crippen molar-refractivity contribution in [1.82, 2.24) is 29.9 Å². The maximum Gasteiger partial charge on any atom is 0.223 e. The highest BCUT2D eigenvalue weighted by Gasteiger charge is 2.28. The molecule has 0 spiro atoms. The molecule has 0 bridgehead atoms. The third-order valence-corrected chi connectivity index (χ3v) is 5.41. The molecule has 1 saturated carbocycles. The van der Waals surface area contributed by atoms with Gasteiger partial charge in [0.1, 0.15) is 0 Å². The van der Waals surface area contributed by atoms with Crippen LogP contribution >= 0.6 is 0 Å². The number of carbonyl (C=O) groups excluding carboxylic acids is 1. The average molecular weight is 428 g/mol. The zero-order valence-electron chi connectivity index (χ0n) is 17.9. The number of fused-ring (bicyclic) bond motifs is 1. The molecule has 4 heterocycles. The number of pyridine rings is 2. The number of carbonyl (C=O) groups is 1. The molecule has 32 heavy (non-hydrogen) atoms. The van der Waals surface area contributed by atoms with Gasteiger partial charge in [-0.05, 0) is 56.5 Å². The molecule has 8 heteroatoms. The van der Waals surface area contributed by atoms with Crippen LogP contribution in [-0.2, 0) is 4.79 Å². The lowest BCUT2D eigenvalue weighted by atomic mass is 10.2. The molecule has 0 saturated heterocycles. The van der Waals surface area contributed by atoms with E-state index < -0.39 is 0 Å². The molecule has 5 rings (SSSR count). The molecule has 1 N–H and O–H groups in total. The maximum atomic E-state index is 11.6. The summed E-state index contributed by atoms with van der Waals surface area (Å²) in [7, 11) is 0. The lowest BCUT2D eigenvalue weighted by Gasteiger charge is -2.08. The van der Waals surface area contributed by atoms with E-state index in [2.05, 4.69) is 20.3 Å². The first-order valence-electron chi connectivity index (χ1n) is 10.8. The van der Waals surface area contributed by atoms with Gasteiger partial charge >= 0.3 is 0 Å². The number of aryl methyl sites for hydroxylation is 1. The van der Waals surface area contributed by atoms with Gasteiger partial charge in [0.2, 0.25) is 11.8 Å². The van der Waals surface area contributed by atoms with Crippen LogP contribution < -0.4 is 10.1 Å². The molecular formula is C24H24N6O2. The second kappa shape index (κ2) is 8.74. The lowest BCUT2D eigenvalue weighted by Crippen LogP contribution is -2.26. The highest BCUT2D eigenvalue weighted by molar-refractivity contribution is 5.80. The van der Waals surface area contributed by atoms with Crippen molar-refractivity contribution in [3.8, 4) is 28.4 Å². The van der Waals surface area contributed by atoms with Crippen LogP contribution in [0, 0.1) is 12.8 Å². The highest BCUT2D eigenvalue weighted by atomic mass is 16.5. The van der Waals surface area contributed by atoms with Crippen molar-refractivity contribution in [1.29, 1.82) is 0 Å². The molecule has 1 aliphatic carbocycles. The molecule has 0 atom stereocenters. The second-order valence-electron chi connectivity index (χ2n) is 7.97. The van der Waals surface area contributed by atoms with Crippen molar-refractivity contribution in [2.24, 2.45) is 5.92 Å².